The van der Waals surface area contributed by atoms with Crippen LogP contribution in [0.3, 0.4) is 0 Å². The fourth-order valence-corrected chi connectivity index (χ4v) is 6.18. The lowest BCUT2D eigenvalue weighted by molar-refractivity contribution is -0.137. The van der Waals surface area contributed by atoms with Crippen LogP contribution in [0.4, 0.5) is 0 Å². The normalized spacial score (nSPS) is 17.3. The summed E-state index contributed by atoms with van der Waals surface area (Å²) in [4.78, 5) is 28.2. The Morgan fingerprint density at radius 3 is 2.62 bits per heavy atom. The van der Waals surface area contributed by atoms with Gasteiger partial charge in [0.1, 0.15) is 16.7 Å². The van der Waals surface area contributed by atoms with Crippen molar-refractivity contribution < 1.29 is 24.2 Å². The summed E-state index contributed by atoms with van der Waals surface area (Å²) in [6, 6.07) is 11.1. The molecular formula is C28H30Cl2N2O5S2. The third-order valence-electron chi connectivity index (χ3n) is 6.44. The van der Waals surface area contributed by atoms with Gasteiger partial charge in [-0.1, -0.05) is 65.7 Å². The molecule has 2 aliphatic rings. The van der Waals surface area contributed by atoms with Crippen LogP contribution in [0.15, 0.2) is 41.3 Å². The van der Waals surface area contributed by atoms with E-state index in [0.717, 1.165) is 56.0 Å². The molecular weight excluding hydrogens is 579 g/mol. The summed E-state index contributed by atoms with van der Waals surface area (Å²) in [6.45, 7) is 5.02. The molecule has 208 valence electrons. The molecule has 0 radical (unpaired) electrons. The second kappa shape index (κ2) is 14.5. The molecule has 0 unspecified atom stereocenters. The van der Waals surface area contributed by atoms with Gasteiger partial charge in [-0.3, -0.25) is 19.4 Å². The lowest BCUT2D eigenvalue weighted by Crippen LogP contribution is -2.38. The van der Waals surface area contributed by atoms with E-state index in [1.807, 2.05) is 30.3 Å². The predicted molar refractivity (Wildman–Crippen MR) is 161 cm³/mol. The van der Waals surface area contributed by atoms with Gasteiger partial charge in [-0.25, -0.2) is 0 Å². The van der Waals surface area contributed by atoms with Crippen molar-refractivity contribution in [3.63, 3.8) is 0 Å². The van der Waals surface area contributed by atoms with Gasteiger partial charge in [-0.15, -0.1) is 0 Å². The minimum absolute atomic E-state index is 0.130. The van der Waals surface area contributed by atoms with Crippen LogP contribution in [0.2, 0.25) is 10.0 Å². The number of hydrogen-bond donors (Lipinski definition) is 1. The summed E-state index contributed by atoms with van der Waals surface area (Å²) < 4.78 is 12.1. The molecule has 1 amide bonds. The van der Waals surface area contributed by atoms with Crippen molar-refractivity contribution in [1.29, 1.82) is 0 Å². The van der Waals surface area contributed by atoms with E-state index in [0.29, 0.717) is 51.0 Å². The maximum absolute atomic E-state index is 13.1. The number of ether oxygens (including phenoxy) is 2. The number of carboxylic acids is 1. The van der Waals surface area contributed by atoms with Crippen molar-refractivity contribution in [3.05, 3.63) is 56.9 Å². The summed E-state index contributed by atoms with van der Waals surface area (Å²) >= 11 is 19.4. The molecule has 1 N–H and O–H groups in total. The van der Waals surface area contributed by atoms with E-state index in [1.165, 1.54) is 11.8 Å². The van der Waals surface area contributed by atoms with Gasteiger partial charge in [0, 0.05) is 48.7 Å². The van der Waals surface area contributed by atoms with Crippen LogP contribution in [-0.2, 0) is 14.3 Å². The maximum Gasteiger partial charge on any atom is 0.303 e. The van der Waals surface area contributed by atoms with Crippen LogP contribution in [0, 0.1) is 0 Å². The van der Waals surface area contributed by atoms with Crippen LogP contribution in [0.5, 0.6) is 5.75 Å². The Morgan fingerprint density at radius 1 is 1.08 bits per heavy atom. The van der Waals surface area contributed by atoms with Crippen LogP contribution in [0.1, 0.15) is 31.2 Å². The molecule has 11 heteroatoms. The number of amides is 1. The number of rotatable bonds is 12. The van der Waals surface area contributed by atoms with Crippen molar-refractivity contribution in [2.75, 3.05) is 46.0 Å². The Balaban J connectivity index is 1.50. The summed E-state index contributed by atoms with van der Waals surface area (Å²) in [5, 5.41) is 9.84. The molecule has 2 aromatic carbocycles. The lowest BCUT2D eigenvalue weighted by Gasteiger charge is -2.26. The Bertz CT molecular complexity index is 1250. The van der Waals surface area contributed by atoms with Crippen molar-refractivity contribution in [1.82, 2.24) is 9.80 Å². The summed E-state index contributed by atoms with van der Waals surface area (Å²) in [5.74, 6) is -0.255. The molecule has 0 aromatic heterocycles. The number of aliphatic carboxylic acids is 1. The Labute approximate surface area is 248 Å². The number of halogens is 2. The standard InChI is InChI=1S/C28H30Cl2N2O5S2/c29-20-6-7-21(23(30)18-20)22-16-19(5-8-24(22)37-15-12-31-10-13-36-14-11-31)17-25-27(35)32(28(38)39-25)9-3-1-2-4-26(33)34/h5-8,16-18H,1-4,9-15H2,(H,33,34)/b25-17-. The van der Waals surface area contributed by atoms with Gasteiger partial charge in [-0.05, 0) is 48.7 Å². The number of hydrogen-bond acceptors (Lipinski definition) is 7. The minimum Gasteiger partial charge on any atom is -0.492 e. The quantitative estimate of drug-likeness (QED) is 0.173. The molecule has 0 aliphatic carbocycles. The molecule has 0 spiro atoms. The Morgan fingerprint density at radius 2 is 1.87 bits per heavy atom. The zero-order valence-corrected chi connectivity index (χ0v) is 24.5. The minimum atomic E-state index is -0.809. The zero-order chi connectivity index (χ0) is 27.8. The highest BCUT2D eigenvalue weighted by molar-refractivity contribution is 8.26. The van der Waals surface area contributed by atoms with Gasteiger partial charge in [0.2, 0.25) is 0 Å². The first-order valence-electron chi connectivity index (χ1n) is 12.8. The van der Waals surface area contributed by atoms with Crippen LogP contribution in [-0.4, -0.2) is 77.1 Å². The third kappa shape index (κ3) is 8.42. The monoisotopic (exact) mass is 608 g/mol. The van der Waals surface area contributed by atoms with Gasteiger partial charge < -0.3 is 14.6 Å². The molecule has 2 heterocycles. The smallest absolute Gasteiger partial charge is 0.303 e. The maximum atomic E-state index is 13.1. The second-order valence-electron chi connectivity index (χ2n) is 9.22. The molecule has 2 aromatic rings. The van der Waals surface area contributed by atoms with Gasteiger partial charge in [0.05, 0.1) is 23.1 Å². The number of thioether (sulfide) groups is 1. The first-order chi connectivity index (χ1) is 18.8. The summed E-state index contributed by atoms with van der Waals surface area (Å²) in [6.07, 6.45) is 3.96. The molecule has 2 saturated heterocycles. The van der Waals surface area contributed by atoms with Crippen molar-refractivity contribution in [3.8, 4) is 16.9 Å². The average Bonchev–Trinajstić information content (AvgIpc) is 3.17. The lowest BCUT2D eigenvalue weighted by atomic mass is 10.0. The number of carbonyl (C=O) groups excluding carboxylic acids is 1. The van der Waals surface area contributed by atoms with Gasteiger partial charge >= 0.3 is 5.97 Å². The molecule has 0 saturated carbocycles. The van der Waals surface area contributed by atoms with E-state index in [-0.39, 0.29) is 12.3 Å². The number of unbranched alkanes of at least 4 members (excludes halogenated alkanes) is 2. The van der Waals surface area contributed by atoms with Crippen molar-refractivity contribution in [2.45, 2.75) is 25.7 Å². The highest BCUT2D eigenvalue weighted by Crippen LogP contribution is 2.39. The SMILES string of the molecule is O=C(O)CCCCCN1C(=O)/C(=C/c2ccc(OCCN3CCOCC3)c(-c3ccc(Cl)cc3Cl)c2)SC1=S. The van der Waals surface area contributed by atoms with E-state index in [4.69, 9.17) is 50.0 Å². The second-order valence-corrected chi connectivity index (χ2v) is 11.7. The van der Waals surface area contributed by atoms with E-state index >= 15 is 0 Å². The van der Waals surface area contributed by atoms with E-state index < -0.39 is 5.97 Å². The Hall–Kier alpha value is -2.14. The van der Waals surface area contributed by atoms with Gasteiger partial charge in [0.25, 0.3) is 5.91 Å². The van der Waals surface area contributed by atoms with Crippen molar-refractivity contribution >= 4 is 69.5 Å². The molecule has 7 nitrogen and oxygen atoms in total. The molecule has 4 rings (SSSR count). The number of morpholine rings is 1. The number of benzene rings is 2. The number of carbonyl (C=O) groups is 2. The summed E-state index contributed by atoms with van der Waals surface area (Å²) in [7, 11) is 0. The van der Waals surface area contributed by atoms with Gasteiger partial charge in [-0.2, -0.15) is 0 Å². The van der Waals surface area contributed by atoms with Crippen LogP contribution >= 0.6 is 47.2 Å². The number of thiocarbonyl (C=S) groups is 1. The fraction of sp³-hybridized carbons (Fsp3) is 0.393. The predicted octanol–water partition coefficient (Wildman–Crippen LogP) is 6.22. The molecule has 2 aliphatic heterocycles. The summed E-state index contributed by atoms with van der Waals surface area (Å²) in [5.41, 5.74) is 2.41. The van der Waals surface area contributed by atoms with Crippen molar-refractivity contribution in [2.24, 2.45) is 0 Å². The molecule has 0 bridgehead atoms. The highest BCUT2D eigenvalue weighted by atomic mass is 35.5. The van der Waals surface area contributed by atoms with E-state index in [2.05, 4.69) is 4.90 Å². The molecule has 2 fully saturated rings. The first-order valence-corrected chi connectivity index (χ1v) is 14.8. The van der Waals surface area contributed by atoms with E-state index in [9.17, 15) is 9.59 Å². The topological polar surface area (TPSA) is 79.3 Å². The third-order valence-corrected chi connectivity index (χ3v) is 8.36. The average molecular weight is 610 g/mol. The van der Waals surface area contributed by atoms with Crippen LogP contribution < -0.4 is 4.74 Å². The van der Waals surface area contributed by atoms with E-state index in [1.54, 1.807) is 17.0 Å². The fourth-order valence-electron chi connectivity index (χ4n) is 4.36. The molecule has 0 atom stereocenters. The zero-order valence-electron chi connectivity index (χ0n) is 21.4. The highest BCUT2D eigenvalue weighted by Gasteiger charge is 2.31. The van der Waals surface area contributed by atoms with Crippen LogP contribution in [0.25, 0.3) is 17.2 Å². The Kier molecular flexibility index (Phi) is 11.1. The van der Waals surface area contributed by atoms with Gasteiger partial charge in [0.15, 0.2) is 0 Å². The number of nitrogens with zero attached hydrogens (tertiary/aromatic N) is 2. The number of carboxylic acid groups (broad SMARTS) is 1. The largest absolute Gasteiger partial charge is 0.492 e. The first kappa shape index (κ1) is 29.8. The molecule has 39 heavy (non-hydrogen) atoms.